The lowest BCUT2D eigenvalue weighted by Gasteiger charge is -2.39. The Hall–Kier alpha value is -2.44. The molecule has 2 aromatic heterocycles. The average Bonchev–Trinajstić information content (AvgIpc) is 3.09. The van der Waals surface area contributed by atoms with Gasteiger partial charge in [0.2, 0.25) is 11.8 Å². The molecule has 1 saturated carbocycles. The fraction of sp³-hybridized carbons (Fsp3) is 0.680. The van der Waals surface area contributed by atoms with Crippen molar-refractivity contribution in [1.29, 1.82) is 0 Å². The van der Waals surface area contributed by atoms with Gasteiger partial charge in [0.05, 0.1) is 11.7 Å². The summed E-state index contributed by atoms with van der Waals surface area (Å²) < 4.78 is 1.90. The number of carbonyl (C=O) groups is 2. The highest BCUT2D eigenvalue weighted by Gasteiger charge is 2.36. The Morgan fingerprint density at radius 3 is 2.53 bits per heavy atom. The first-order chi connectivity index (χ1) is 15.1. The van der Waals surface area contributed by atoms with E-state index in [0.717, 1.165) is 66.9 Å². The summed E-state index contributed by atoms with van der Waals surface area (Å²) in [6.07, 6.45) is 7.42. The van der Waals surface area contributed by atoms with Crippen LogP contribution in [0.5, 0.6) is 0 Å². The van der Waals surface area contributed by atoms with Gasteiger partial charge < -0.3 is 10.2 Å². The van der Waals surface area contributed by atoms with Crippen LogP contribution in [0, 0.1) is 19.8 Å². The van der Waals surface area contributed by atoms with Crippen molar-refractivity contribution in [2.45, 2.75) is 97.6 Å². The summed E-state index contributed by atoms with van der Waals surface area (Å²) in [5, 5.41) is 7.95. The Morgan fingerprint density at radius 1 is 1.12 bits per heavy atom. The minimum absolute atomic E-state index is 0.0410. The molecule has 4 rings (SSSR count). The van der Waals surface area contributed by atoms with Crippen LogP contribution < -0.4 is 5.32 Å². The van der Waals surface area contributed by atoms with Crippen LogP contribution in [-0.2, 0) is 16.0 Å². The molecule has 2 fully saturated rings. The molecule has 1 aliphatic heterocycles. The van der Waals surface area contributed by atoms with Crippen LogP contribution in [0.3, 0.4) is 0 Å². The fourth-order valence-corrected chi connectivity index (χ4v) is 4.98. The van der Waals surface area contributed by atoms with E-state index >= 15 is 0 Å². The van der Waals surface area contributed by atoms with E-state index in [9.17, 15) is 9.59 Å². The lowest BCUT2D eigenvalue weighted by atomic mass is 9.83. The molecule has 7 nitrogen and oxygen atoms in total. The molecule has 2 aromatic rings. The van der Waals surface area contributed by atoms with E-state index in [1.807, 2.05) is 45.2 Å². The monoisotopic (exact) mass is 439 g/mol. The molecule has 0 radical (unpaired) electrons. The lowest BCUT2D eigenvalue weighted by Crippen LogP contribution is -2.43. The van der Waals surface area contributed by atoms with Crippen molar-refractivity contribution < 1.29 is 9.59 Å². The minimum atomic E-state index is -0.233. The molecule has 1 aliphatic carbocycles. The molecule has 174 valence electrons. The van der Waals surface area contributed by atoms with Crippen LogP contribution in [0.25, 0.3) is 5.65 Å². The number of aromatic nitrogens is 3. The molecule has 1 N–H and O–H groups in total. The van der Waals surface area contributed by atoms with Gasteiger partial charge >= 0.3 is 0 Å². The molecule has 0 aromatic carbocycles. The molecule has 7 heteroatoms. The van der Waals surface area contributed by atoms with Crippen molar-refractivity contribution in [3.63, 3.8) is 0 Å². The number of amides is 2. The second-order valence-electron chi connectivity index (χ2n) is 10.6. The fourth-order valence-electron chi connectivity index (χ4n) is 4.98. The second kappa shape index (κ2) is 8.83. The highest BCUT2D eigenvalue weighted by atomic mass is 16.2. The Morgan fingerprint density at radius 2 is 1.88 bits per heavy atom. The predicted molar refractivity (Wildman–Crippen MR) is 124 cm³/mol. The summed E-state index contributed by atoms with van der Waals surface area (Å²) in [7, 11) is 0. The van der Waals surface area contributed by atoms with Crippen molar-refractivity contribution in [1.82, 2.24) is 24.8 Å². The van der Waals surface area contributed by atoms with Crippen molar-refractivity contribution in [2.24, 2.45) is 5.92 Å². The third-order valence-corrected chi connectivity index (χ3v) is 6.88. The second-order valence-corrected chi connectivity index (χ2v) is 10.6. The molecule has 1 atom stereocenters. The van der Waals surface area contributed by atoms with Crippen LogP contribution in [0.15, 0.2) is 6.07 Å². The summed E-state index contributed by atoms with van der Waals surface area (Å²) in [4.78, 5) is 32.2. The number of nitrogens with zero attached hydrogens (tertiary/aromatic N) is 4. The van der Waals surface area contributed by atoms with E-state index in [-0.39, 0.29) is 23.4 Å². The van der Waals surface area contributed by atoms with Crippen molar-refractivity contribution in [2.75, 3.05) is 6.54 Å². The van der Waals surface area contributed by atoms with E-state index < -0.39 is 0 Å². The normalized spacial score (nSPS) is 19.8. The van der Waals surface area contributed by atoms with Gasteiger partial charge in [0.1, 0.15) is 0 Å². The predicted octanol–water partition coefficient (Wildman–Crippen LogP) is 4.05. The van der Waals surface area contributed by atoms with E-state index in [2.05, 4.69) is 10.2 Å². The third kappa shape index (κ3) is 4.66. The smallest absolute Gasteiger partial charge is 0.226 e. The highest BCUT2D eigenvalue weighted by molar-refractivity contribution is 5.80. The van der Waals surface area contributed by atoms with E-state index in [4.69, 9.17) is 10.1 Å². The standard InChI is InChI=1S/C25H37N5O2/c1-16-19(12-13-23(31)27-25(3,4)5)17(2)30-22(26-16)15-20(28-30)21-11-6-7-14-29(21)24(32)18-9-8-10-18/h15,18,21H,6-14H2,1-5H3,(H,27,31)/t21-/m0/s1. The van der Waals surface area contributed by atoms with Crippen LogP contribution in [-0.4, -0.2) is 43.4 Å². The van der Waals surface area contributed by atoms with E-state index in [1.54, 1.807) is 0 Å². The third-order valence-electron chi connectivity index (χ3n) is 6.88. The SMILES string of the molecule is Cc1nc2cc([C@@H]3CCCCN3C(=O)C3CCC3)nn2c(C)c1CCC(=O)NC(C)(C)C. The molecule has 0 unspecified atom stereocenters. The summed E-state index contributed by atoms with van der Waals surface area (Å²) in [5.74, 6) is 0.565. The maximum atomic E-state index is 13.0. The quantitative estimate of drug-likeness (QED) is 0.762. The van der Waals surface area contributed by atoms with Gasteiger partial charge in [-0.15, -0.1) is 0 Å². The lowest BCUT2D eigenvalue weighted by molar-refractivity contribution is -0.142. The van der Waals surface area contributed by atoms with Gasteiger partial charge in [-0.25, -0.2) is 9.50 Å². The van der Waals surface area contributed by atoms with Crippen LogP contribution in [0.2, 0.25) is 0 Å². The van der Waals surface area contributed by atoms with Crippen LogP contribution in [0.4, 0.5) is 0 Å². The molecule has 1 saturated heterocycles. The molecular formula is C25H37N5O2. The first-order valence-corrected chi connectivity index (χ1v) is 12.1. The number of rotatable bonds is 5. The van der Waals surface area contributed by atoms with Gasteiger partial charge in [-0.3, -0.25) is 9.59 Å². The molecule has 0 bridgehead atoms. The number of piperidine rings is 1. The number of hydrogen-bond donors (Lipinski definition) is 1. The summed E-state index contributed by atoms with van der Waals surface area (Å²) >= 11 is 0. The van der Waals surface area contributed by atoms with E-state index in [1.165, 1.54) is 6.42 Å². The van der Waals surface area contributed by atoms with Gasteiger partial charge in [0.15, 0.2) is 5.65 Å². The number of carbonyl (C=O) groups excluding carboxylic acids is 2. The van der Waals surface area contributed by atoms with Crippen molar-refractivity contribution >= 4 is 17.5 Å². The van der Waals surface area contributed by atoms with Gasteiger partial charge in [0.25, 0.3) is 0 Å². The Kier molecular flexibility index (Phi) is 6.28. The number of aryl methyl sites for hydroxylation is 2. The Bertz CT molecular complexity index is 1020. The number of likely N-dealkylation sites (tertiary alicyclic amines) is 1. The highest BCUT2D eigenvalue weighted by Crippen LogP contribution is 2.36. The number of hydrogen-bond acceptors (Lipinski definition) is 4. The largest absolute Gasteiger partial charge is 0.351 e. The maximum Gasteiger partial charge on any atom is 0.226 e. The van der Waals surface area contributed by atoms with E-state index in [0.29, 0.717) is 18.7 Å². The minimum Gasteiger partial charge on any atom is -0.351 e. The number of fused-ring (bicyclic) bond motifs is 1. The summed E-state index contributed by atoms with van der Waals surface area (Å²) in [6.45, 7) is 10.9. The van der Waals surface area contributed by atoms with Gasteiger partial charge in [-0.05, 0) is 78.7 Å². The summed E-state index contributed by atoms with van der Waals surface area (Å²) in [5.41, 5.74) is 4.56. The molecule has 32 heavy (non-hydrogen) atoms. The molecule has 2 amide bonds. The Labute approximate surface area is 191 Å². The van der Waals surface area contributed by atoms with Gasteiger partial charge in [-0.1, -0.05) is 6.42 Å². The summed E-state index contributed by atoms with van der Waals surface area (Å²) in [6, 6.07) is 2.09. The topological polar surface area (TPSA) is 79.6 Å². The van der Waals surface area contributed by atoms with Crippen LogP contribution >= 0.6 is 0 Å². The van der Waals surface area contributed by atoms with Crippen molar-refractivity contribution in [3.05, 3.63) is 28.7 Å². The first kappa shape index (κ1) is 22.7. The molecule has 2 aliphatic rings. The zero-order valence-electron chi connectivity index (χ0n) is 20.2. The van der Waals surface area contributed by atoms with Crippen molar-refractivity contribution in [3.8, 4) is 0 Å². The Balaban J connectivity index is 1.57. The maximum absolute atomic E-state index is 13.0. The van der Waals surface area contributed by atoms with Gasteiger partial charge in [-0.2, -0.15) is 5.10 Å². The average molecular weight is 440 g/mol. The van der Waals surface area contributed by atoms with Crippen LogP contribution in [0.1, 0.15) is 94.4 Å². The number of nitrogens with one attached hydrogen (secondary N) is 1. The molecule has 0 spiro atoms. The zero-order chi connectivity index (χ0) is 23.0. The van der Waals surface area contributed by atoms with Gasteiger partial charge in [0, 0.05) is 41.9 Å². The zero-order valence-corrected chi connectivity index (χ0v) is 20.2. The molecule has 3 heterocycles. The first-order valence-electron chi connectivity index (χ1n) is 12.1. The molecular weight excluding hydrogens is 402 g/mol.